The number of aromatic hydroxyl groups is 1. The molecule has 2 aromatic heterocycles. The Balaban J connectivity index is 1.54. The number of fused-ring (bicyclic) bond motifs is 3. The zero-order valence-electron chi connectivity index (χ0n) is 17.4. The van der Waals surface area contributed by atoms with Crippen LogP contribution in [0.15, 0.2) is 24.5 Å². The topological polar surface area (TPSA) is 67.1 Å². The van der Waals surface area contributed by atoms with Gasteiger partial charge in [-0.25, -0.2) is 4.98 Å². The molecule has 9 heteroatoms. The Hall–Kier alpha value is -2.68. The van der Waals surface area contributed by atoms with Crippen LogP contribution < -0.4 is 0 Å². The summed E-state index contributed by atoms with van der Waals surface area (Å²) < 4.78 is 40.9. The summed E-state index contributed by atoms with van der Waals surface area (Å²) in [5, 5.41) is 18.9. The molecular weight excluding hydrogens is 407 g/mol. The van der Waals surface area contributed by atoms with Gasteiger partial charge in [-0.2, -0.15) is 13.2 Å². The standard InChI is InChI=1S/C22H24F3N5O/c1-3-29-14-5-8-16(29)17(9-6-14)30-11-26-20-12(2)19(27-28-21(20)30)15-7-4-13(10-18(15)31)22(23,24)25/h4,7,10-11,14,16-17,31H,3,5-6,8-9H2,1-2H3/t14?,16?,17-/m0/s1. The van der Waals surface area contributed by atoms with Crippen molar-refractivity contribution in [2.24, 2.45) is 0 Å². The summed E-state index contributed by atoms with van der Waals surface area (Å²) in [5.74, 6) is -0.478. The molecule has 2 bridgehead atoms. The van der Waals surface area contributed by atoms with Crippen molar-refractivity contribution >= 4 is 11.2 Å². The average molecular weight is 431 g/mol. The van der Waals surface area contributed by atoms with Gasteiger partial charge in [-0.05, 0) is 57.4 Å². The van der Waals surface area contributed by atoms with Gasteiger partial charge in [0.05, 0.1) is 17.9 Å². The van der Waals surface area contributed by atoms with Crippen LogP contribution in [0.5, 0.6) is 5.75 Å². The molecule has 0 saturated carbocycles. The van der Waals surface area contributed by atoms with Gasteiger partial charge in [0.15, 0.2) is 5.65 Å². The number of likely N-dealkylation sites (N-methyl/N-ethyl adjacent to an activating group) is 1. The summed E-state index contributed by atoms with van der Waals surface area (Å²) in [6.07, 6.45) is 1.89. The van der Waals surface area contributed by atoms with Crippen molar-refractivity contribution in [3.63, 3.8) is 0 Å². The van der Waals surface area contributed by atoms with Crippen LogP contribution in [-0.2, 0) is 6.18 Å². The molecule has 0 radical (unpaired) electrons. The monoisotopic (exact) mass is 431 g/mol. The number of aromatic nitrogens is 4. The molecule has 2 saturated heterocycles. The van der Waals surface area contributed by atoms with E-state index in [0.717, 1.165) is 37.9 Å². The van der Waals surface area contributed by atoms with Crippen LogP contribution >= 0.6 is 0 Å². The van der Waals surface area contributed by atoms with Crippen LogP contribution in [0.4, 0.5) is 13.2 Å². The number of hydrogen-bond donors (Lipinski definition) is 1. The van der Waals surface area contributed by atoms with E-state index in [1.807, 2.05) is 6.92 Å². The Labute approximate surface area is 177 Å². The summed E-state index contributed by atoms with van der Waals surface area (Å²) in [7, 11) is 0. The van der Waals surface area contributed by atoms with E-state index >= 15 is 0 Å². The molecule has 2 aliphatic heterocycles. The fourth-order valence-corrected chi connectivity index (χ4v) is 5.47. The lowest BCUT2D eigenvalue weighted by Gasteiger charge is -2.40. The van der Waals surface area contributed by atoms with Crippen LogP contribution in [-0.4, -0.2) is 48.4 Å². The highest BCUT2D eigenvalue weighted by atomic mass is 19.4. The second-order valence-corrected chi connectivity index (χ2v) is 8.50. The number of imidazole rings is 1. The number of alkyl halides is 3. The number of benzene rings is 1. The molecule has 0 aliphatic carbocycles. The van der Waals surface area contributed by atoms with E-state index in [9.17, 15) is 18.3 Å². The summed E-state index contributed by atoms with van der Waals surface area (Å²) in [5.41, 5.74) is 1.67. The molecule has 6 nitrogen and oxygen atoms in total. The minimum Gasteiger partial charge on any atom is -0.507 e. The number of piperidine rings is 1. The molecule has 2 aliphatic rings. The van der Waals surface area contributed by atoms with E-state index in [-0.39, 0.29) is 11.6 Å². The molecule has 2 fully saturated rings. The van der Waals surface area contributed by atoms with E-state index < -0.39 is 17.5 Å². The van der Waals surface area contributed by atoms with E-state index in [4.69, 9.17) is 0 Å². The van der Waals surface area contributed by atoms with Gasteiger partial charge >= 0.3 is 6.18 Å². The lowest BCUT2D eigenvalue weighted by atomic mass is 9.97. The van der Waals surface area contributed by atoms with E-state index in [0.29, 0.717) is 34.5 Å². The predicted molar refractivity (Wildman–Crippen MR) is 110 cm³/mol. The van der Waals surface area contributed by atoms with Gasteiger partial charge < -0.3 is 9.67 Å². The zero-order valence-corrected chi connectivity index (χ0v) is 17.4. The maximum absolute atomic E-state index is 12.9. The maximum Gasteiger partial charge on any atom is 0.416 e. The quantitative estimate of drug-likeness (QED) is 0.650. The van der Waals surface area contributed by atoms with Gasteiger partial charge in [-0.15, -0.1) is 10.2 Å². The molecule has 31 heavy (non-hydrogen) atoms. The second-order valence-electron chi connectivity index (χ2n) is 8.50. The average Bonchev–Trinajstić information content (AvgIpc) is 3.28. The maximum atomic E-state index is 12.9. The number of nitrogens with zero attached hydrogens (tertiary/aromatic N) is 5. The van der Waals surface area contributed by atoms with Crippen LogP contribution in [0.2, 0.25) is 0 Å². The van der Waals surface area contributed by atoms with Crippen molar-refractivity contribution in [1.29, 1.82) is 0 Å². The van der Waals surface area contributed by atoms with Crippen molar-refractivity contribution in [1.82, 2.24) is 24.6 Å². The normalized spacial score (nSPS) is 24.2. The third-order valence-corrected chi connectivity index (χ3v) is 6.96. The highest BCUT2D eigenvalue weighted by Gasteiger charge is 2.42. The molecule has 164 valence electrons. The highest BCUT2D eigenvalue weighted by Crippen LogP contribution is 2.43. The molecule has 5 rings (SSSR count). The van der Waals surface area contributed by atoms with Crippen molar-refractivity contribution < 1.29 is 18.3 Å². The third kappa shape index (κ3) is 3.17. The van der Waals surface area contributed by atoms with Crippen molar-refractivity contribution in [2.45, 2.75) is 63.8 Å². The van der Waals surface area contributed by atoms with Crippen LogP contribution in [0, 0.1) is 6.92 Å². The van der Waals surface area contributed by atoms with Gasteiger partial charge in [0, 0.05) is 23.2 Å². The minimum absolute atomic E-state index is 0.211. The molecule has 1 N–H and O–H groups in total. The molecule has 3 aromatic rings. The van der Waals surface area contributed by atoms with Crippen molar-refractivity contribution in [2.75, 3.05) is 6.54 Å². The SMILES string of the molecule is CCN1C2CCC1[C@@H](n1cnc3c(C)c(-c4ccc(C(F)(F)F)cc4O)nnc31)CC2. The Morgan fingerprint density at radius 1 is 1.10 bits per heavy atom. The second kappa shape index (κ2) is 7.19. The van der Waals surface area contributed by atoms with Crippen LogP contribution in [0.25, 0.3) is 22.4 Å². The molecule has 1 aromatic carbocycles. The summed E-state index contributed by atoms with van der Waals surface area (Å²) in [4.78, 5) is 7.16. The first-order chi connectivity index (χ1) is 14.8. The Bertz CT molecular complexity index is 1140. The largest absolute Gasteiger partial charge is 0.507 e. The third-order valence-electron chi connectivity index (χ3n) is 6.96. The van der Waals surface area contributed by atoms with Crippen molar-refractivity contribution in [3.05, 3.63) is 35.7 Å². The fourth-order valence-electron chi connectivity index (χ4n) is 5.47. The van der Waals surface area contributed by atoms with Gasteiger partial charge in [0.1, 0.15) is 17.0 Å². The first-order valence-corrected chi connectivity index (χ1v) is 10.7. The molecule has 3 atom stereocenters. The first-order valence-electron chi connectivity index (χ1n) is 10.7. The van der Waals surface area contributed by atoms with Crippen LogP contribution in [0.1, 0.15) is 49.8 Å². The zero-order chi connectivity index (χ0) is 21.9. The molecule has 0 amide bonds. The molecule has 0 spiro atoms. The lowest BCUT2D eigenvalue weighted by Crippen LogP contribution is -2.45. The number of phenolic OH excluding ortho intramolecular Hbond substituents is 1. The van der Waals surface area contributed by atoms with Gasteiger partial charge in [-0.1, -0.05) is 6.92 Å². The van der Waals surface area contributed by atoms with Crippen molar-refractivity contribution in [3.8, 4) is 17.0 Å². The number of halogens is 3. The predicted octanol–water partition coefficient (Wildman–Crippen LogP) is 4.71. The summed E-state index contributed by atoms with van der Waals surface area (Å²) in [6, 6.07) is 4.30. The van der Waals surface area contributed by atoms with E-state index in [1.165, 1.54) is 12.5 Å². The van der Waals surface area contributed by atoms with E-state index in [2.05, 4.69) is 31.6 Å². The number of rotatable bonds is 3. The Morgan fingerprint density at radius 3 is 2.52 bits per heavy atom. The molecular formula is C22H24F3N5O. The Morgan fingerprint density at radius 2 is 1.84 bits per heavy atom. The smallest absolute Gasteiger partial charge is 0.416 e. The Kier molecular flexibility index (Phi) is 4.69. The first kappa shape index (κ1) is 20.2. The fraction of sp³-hybridized carbons (Fsp3) is 0.500. The van der Waals surface area contributed by atoms with Crippen LogP contribution in [0.3, 0.4) is 0 Å². The highest BCUT2D eigenvalue weighted by molar-refractivity contribution is 5.83. The lowest BCUT2D eigenvalue weighted by molar-refractivity contribution is -0.137. The molecule has 4 heterocycles. The van der Waals surface area contributed by atoms with Gasteiger partial charge in [0.2, 0.25) is 0 Å². The minimum atomic E-state index is -4.52. The number of hydrogen-bond acceptors (Lipinski definition) is 5. The number of aryl methyl sites for hydroxylation is 1. The summed E-state index contributed by atoms with van der Waals surface area (Å²) in [6.45, 7) is 5.04. The molecule has 2 unspecified atom stereocenters. The van der Waals surface area contributed by atoms with Gasteiger partial charge in [-0.3, -0.25) is 4.90 Å². The van der Waals surface area contributed by atoms with Gasteiger partial charge in [0.25, 0.3) is 0 Å². The summed E-state index contributed by atoms with van der Waals surface area (Å²) >= 11 is 0. The van der Waals surface area contributed by atoms with E-state index in [1.54, 1.807) is 6.33 Å². The number of phenols is 1.